The van der Waals surface area contributed by atoms with Crippen molar-refractivity contribution < 1.29 is 9.15 Å². The number of benzene rings is 1. The number of likely N-dealkylation sites (N-methyl/N-ethyl adjacent to an activating group) is 1. The SMILES string of the molecule is CCNC(=NCc1oc2ccccc2c1C)NCC1CN(C)CCO1.I. The van der Waals surface area contributed by atoms with Gasteiger partial charge >= 0.3 is 0 Å². The Bertz CT molecular complexity index is 731. The number of halogens is 1. The molecule has 1 unspecified atom stereocenters. The van der Waals surface area contributed by atoms with Crippen LogP contribution in [0.2, 0.25) is 0 Å². The lowest BCUT2D eigenvalue weighted by molar-refractivity contribution is -0.0161. The van der Waals surface area contributed by atoms with Gasteiger partial charge in [-0.05, 0) is 27.0 Å². The largest absolute Gasteiger partial charge is 0.459 e. The number of hydrogen-bond acceptors (Lipinski definition) is 4. The van der Waals surface area contributed by atoms with Crippen LogP contribution in [0.5, 0.6) is 0 Å². The summed E-state index contributed by atoms with van der Waals surface area (Å²) in [5, 5.41) is 7.82. The quantitative estimate of drug-likeness (QED) is 0.398. The van der Waals surface area contributed by atoms with Crippen LogP contribution >= 0.6 is 24.0 Å². The monoisotopic (exact) mass is 472 g/mol. The topological polar surface area (TPSA) is 62.0 Å². The number of morpholine rings is 1. The molecule has 3 rings (SSSR count). The van der Waals surface area contributed by atoms with Crippen molar-refractivity contribution in [2.24, 2.45) is 4.99 Å². The van der Waals surface area contributed by atoms with E-state index in [1.807, 2.05) is 18.2 Å². The molecule has 1 atom stereocenters. The van der Waals surface area contributed by atoms with E-state index >= 15 is 0 Å². The molecule has 0 aliphatic carbocycles. The molecule has 7 heteroatoms. The second-order valence-corrected chi connectivity index (χ2v) is 6.48. The highest BCUT2D eigenvalue weighted by Gasteiger charge is 2.17. The van der Waals surface area contributed by atoms with Crippen LogP contribution in [-0.4, -0.2) is 56.8 Å². The van der Waals surface area contributed by atoms with E-state index in [0.29, 0.717) is 6.54 Å². The minimum absolute atomic E-state index is 0. The van der Waals surface area contributed by atoms with E-state index in [1.54, 1.807) is 0 Å². The number of nitrogens with one attached hydrogen (secondary N) is 2. The first kappa shape index (κ1) is 21.0. The van der Waals surface area contributed by atoms with E-state index in [9.17, 15) is 0 Å². The highest BCUT2D eigenvalue weighted by Crippen LogP contribution is 2.25. The Kier molecular flexibility index (Phi) is 8.17. The molecule has 1 aliphatic rings. The lowest BCUT2D eigenvalue weighted by Gasteiger charge is -2.30. The molecule has 144 valence electrons. The number of fused-ring (bicyclic) bond motifs is 1. The van der Waals surface area contributed by atoms with E-state index < -0.39 is 0 Å². The molecule has 2 aromatic rings. The first-order valence-corrected chi connectivity index (χ1v) is 8.96. The molecule has 0 saturated carbocycles. The molecular formula is C19H29IN4O2. The van der Waals surface area contributed by atoms with Gasteiger partial charge in [-0.15, -0.1) is 24.0 Å². The van der Waals surface area contributed by atoms with E-state index in [-0.39, 0.29) is 30.1 Å². The number of para-hydroxylation sites is 1. The zero-order valence-corrected chi connectivity index (χ0v) is 18.1. The van der Waals surface area contributed by atoms with E-state index in [2.05, 4.69) is 47.5 Å². The Morgan fingerprint density at radius 2 is 2.12 bits per heavy atom. The molecule has 2 heterocycles. The molecular weight excluding hydrogens is 443 g/mol. The average Bonchev–Trinajstić information content (AvgIpc) is 2.94. The summed E-state index contributed by atoms with van der Waals surface area (Å²) in [4.78, 5) is 6.96. The van der Waals surface area contributed by atoms with Crippen LogP contribution in [0, 0.1) is 6.92 Å². The second kappa shape index (κ2) is 10.1. The van der Waals surface area contributed by atoms with E-state index in [0.717, 1.165) is 61.0 Å². The minimum Gasteiger partial charge on any atom is -0.459 e. The maximum atomic E-state index is 5.94. The van der Waals surface area contributed by atoms with Crippen LogP contribution in [0.3, 0.4) is 0 Å². The number of nitrogens with zero attached hydrogens (tertiary/aromatic N) is 2. The third-order valence-electron chi connectivity index (χ3n) is 4.51. The fourth-order valence-corrected chi connectivity index (χ4v) is 3.07. The van der Waals surface area contributed by atoms with Gasteiger partial charge in [-0.25, -0.2) is 4.99 Å². The number of ether oxygens (including phenoxy) is 1. The summed E-state index contributed by atoms with van der Waals surface area (Å²) >= 11 is 0. The predicted octanol–water partition coefficient (Wildman–Crippen LogP) is 2.74. The van der Waals surface area contributed by atoms with Gasteiger partial charge in [0, 0.05) is 37.1 Å². The van der Waals surface area contributed by atoms with Crippen LogP contribution in [0.15, 0.2) is 33.7 Å². The summed E-state index contributed by atoms with van der Waals surface area (Å²) in [6.07, 6.45) is 0.190. The Balaban J connectivity index is 0.00000243. The standard InChI is InChI=1S/C19H28N4O2.HI/c1-4-20-19(21-11-15-13-23(3)9-10-24-15)22-12-18-14(2)16-7-5-6-8-17(16)25-18;/h5-8,15H,4,9-13H2,1-3H3,(H2,20,21,22);1H. The van der Waals surface area contributed by atoms with Crippen LogP contribution in [0.1, 0.15) is 18.2 Å². The first-order chi connectivity index (χ1) is 12.2. The van der Waals surface area contributed by atoms with Crippen molar-refractivity contribution >= 4 is 40.9 Å². The maximum absolute atomic E-state index is 5.94. The summed E-state index contributed by atoms with van der Waals surface area (Å²) in [7, 11) is 2.12. The summed E-state index contributed by atoms with van der Waals surface area (Å²) in [5.41, 5.74) is 2.08. The van der Waals surface area contributed by atoms with Crippen molar-refractivity contribution in [2.75, 3.05) is 39.8 Å². The molecule has 0 radical (unpaired) electrons. The van der Waals surface area contributed by atoms with Gasteiger partial charge in [0.2, 0.25) is 0 Å². The lowest BCUT2D eigenvalue weighted by atomic mass is 10.1. The van der Waals surface area contributed by atoms with Crippen LogP contribution in [0.4, 0.5) is 0 Å². The van der Waals surface area contributed by atoms with Crippen molar-refractivity contribution in [3.8, 4) is 0 Å². The predicted molar refractivity (Wildman–Crippen MR) is 116 cm³/mol. The Labute approximate surface area is 172 Å². The molecule has 1 fully saturated rings. The highest BCUT2D eigenvalue weighted by molar-refractivity contribution is 14.0. The smallest absolute Gasteiger partial charge is 0.191 e. The molecule has 26 heavy (non-hydrogen) atoms. The van der Waals surface area contributed by atoms with Crippen molar-refractivity contribution in [2.45, 2.75) is 26.5 Å². The lowest BCUT2D eigenvalue weighted by Crippen LogP contribution is -2.48. The van der Waals surface area contributed by atoms with E-state index in [4.69, 9.17) is 9.15 Å². The van der Waals surface area contributed by atoms with Crippen molar-refractivity contribution in [3.05, 3.63) is 35.6 Å². The number of rotatable bonds is 5. The molecule has 0 amide bonds. The zero-order chi connectivity index (χ0) is 17.6. The number of hydrogen-bond donors (Lipinski definition) is 2. The fraction of sp³-hybridized carbons (Fsp3) is 0.526. The molecule has 0 spiro atoms. The fourth-order valence-electron chi connectivity index (χ4n) is 3.07. The number of furan rings is 1. The van der Waals surface area contributed by atoms with Crippen molar-refractivity contribution in [1.29, 1.82) is 0 Å². The summed E-state index contributed by atoms with van der Waals surface area (Å²) in [6.45, 7) is 8.95. The molecule has 1 saturated heterocycles. The van der Waals surface area contributed by atoms with E-state index in [1.165, 1.54) is 0 Å². The van der Waals surface area contributed by atoms with Crippen molar-refractivity contribution in [3.63, 3.8) is 0 Å². The highest BCUT2D eigenvalue weighted by atomic mass is 127. The van der Waals surface area contributed by atoms with Gasteiger partial charge in [0.25, 0.3) is 0 Å². The molecule has 0 bridgehead atoms. The van der Waals surface area contributed by atoms with Gasteiger partial charge < -0.3 is 24.7 Å². The second-order valence-electron chi connectivity index (χ2n) is 6.48. The molecule has 1 aromatic heterocycles. The third kappa shape index (κ3) is 5.34. The van der Waals surface area contributed by atoms with Crippen LogP contribution in [0.25, 0.3) is 11.0 Å². The zero-order valence-electron chi connectivity index (χ0n) is 15.7. The molecule has 6 nitrogen and oxygen atoms in total. The summed E-state index contributed by atoms with van der Waals surface area (Å²) in [5.74, 6) is 1.70. The number of guanidine groups is 1. The average molecular weight is 472 g/mol. The van der Waals surface area contributed by atoms with Gasteiger partial charge in [-0.3, -0.25) is 0 Å². The Morgan fingerprint density at radius 1 is 1.31 bits per heavy atom. The normalized spacial score (nSPS) is 18.6. The molecule has 1 aliphatic heterocycles. The van der Waals surface area contributed by atoms with Gasteiger partial charge in [0.15, 0.2) is 5.96 Å². The van der Waals surface area contributed by atoms with Crippen LogP contribution in [-0.2, 0) is 11.3 Å². The van der Waals surface area contributed by atoms with Gasteiger partial charge in [0.1, 0.15) is 17.9 Å². The van der Waals surface area contributed by atoms with Crippen molar-refractivity contribution in [1.82, 2.24) is 15.5 Å². The molecule has 1 aromatic carbocycles. The van der Waals surface area contributed by atoms with Gasteiger partial charge in [-0.1, -0.05) is 18.2 Å². The molecule has 2 N–H and O–H groups in total. The third-order valence-corrected chi connectivity index (χ3v) is 4.51. The summed E-state index contributed by atoms with van der Waals surface area (Å²) < 4.78 is 11.7. The van der Waals surface area contributed by atoms with Crippen LogP contribution < -0.4 is 10.6 Å². The van der Waals surface area contributed by atoms with Gasteiger partial charge in [0.05, 0.1) is 12.7 Å². The minimum atomic E-state index is 0. The number of aliphatic imine (C=N–C) groups is 1. The van der Waals surface area contributed by atoms with Gasteiger partial charge in [-0.2, -0.15) is 0 Å². The maximum Gasteiger partial charge on any atom is 0.191 e. The Morgan fingerprint density at radius 3 is 2.85 bits per heavy atom. The summed E-state index contributed by atoms with van der Waals surface area (Å²) in [6, 6.07) is 8.10. The number of aryl methyl sites for hydroxylation is 1. The Hall–Kier alpha value is -1.32. The first-order valence-electron chi connectivity index (χ1n) is 8.96.